The third kappa shape index (κ3) is 2.97. The number of nitrogens with zero attached hydrogens (tertiary/aromatic N) is 3. The first-order valence-electron chi connectivity index (χ1n) is 10.9. The van der Waals surface area contributed by atoms with Crippen LogP contribution in [0, 0.1) is 0 Å². The number of benzene rings is 4. The Morgan fingerprint density at radius 3 is 2.41 bits per heavy atom. The number of thiazole rings is 1. The molecule has 3 heterocycles. The lowest BCUT2D eigenvalue weighted by Gasteiger charge is -2.12. The van der Waals surface area contributed by atoms with Crippen molar-refractivity contribution in [1.29, 1.82) is 0 Å². The van der Waals surface area contributed by atoms with Crippen molar-refractivity contribution in [2.75, 3.05) is 0 Å². The zero-order valence-electron chi connectivity index (χ0n) is 17.9. The zero-order chi connectivity index (χ0) is 22.6. The lowest BCUT2D eigenvalue weighted by Crippen LogP contribution is -2.02. The van der Waals surface area contributed by atoms with Gasteiger partial charge >= 0.3 is 0 Å². The summed E-state index contributed by atoms with van der Waals surface area (Å²) in [6.45, 7) is 0. The van der Waals surface area contributed by atoms with Crippen LogP contribution in [0.15, 0.2) is 113 Å². The molecule has 0 radical (unpaired) electrons. The fourth-order valence-corrected chi connectivity index (χ4v) is 6.65. The lowest BCUT2D eigenvalue weighted by atomic mass is 10.1. The Labute approximate surface area is 202 Å². The molecule has 6 heteroatoms. The molecule has 0 fully saturated rings. The molecule has 34 heavy (non-hydrogen) atoms. The van der Waals surface area contributed by atoms with E-state index in [1.54, 1.807) is 11.3 Å². The molecular weight excluding hydrogens is 458 g/mol. The maximum absolute atomic E-state index is 13.3. The van der Waals surface area contributed by atoms with Crippen LogP contribution >= 0.6 is 11.3 Å². The summed E-state index contributed by atoms with van der Waals surface area (Å²) in [5, 5.41) is 1.03. The highest BCUT2D eigenvalue weighted by molar-refractivity contribution is 7.91. The molecule has 0 aliphatic heterocycles. The van der Waals surface area contributed by atoms with Crippen LogP contribution in [0.25, 0.3) is 48.4 Å². The normalized spacial score (nSPS) is 12.7. The summed E-state index contributed by atoms with van der Waals surface area (Å²) >= 11 is 0.409. The van der Waals surface area contributed by atoms with Gasteiger partial charge in [-0.05, 0) is 36.4 Å². The second kappa shape index (κ2) is 7.67. The van der Waals surface area contributed by atoms with Gasteiger partial charge < -0.3 is 4.55 Å². The predicted octanol–water partition coefficient (Wildman–Crippen LogP) is 7.08. The quantitative estimate of drug-likeness (QED) is 0.257. The molecule has 0 aliphatic rings. The molecule has 0 saturated heterocycles. The van der Waals surface area contributed by atoms with Gasteiger partial charge in [-0.1, -0.05) is 72.0 Å². The van der Waals surface area contributed by atoms with Crippen LogP contribution in [-0.4, -0.2) is 18.9 Å². The van der Waals surface area contributed by atoms with E-state index in [0.717, 1.165) is 53.5 Å². The van der Waals surface area contributed by atoms with E-state index in [1.165, 1.54) is 4.70 Å². The SMILES string of the molecule is [O-][S+](c1ccccc1)c1cccc(-c2nc3ccccc3c3nc4sc5ccccc5n4c23)c1. The van der Waals surface area contributed by atoms with Crippen LogP contribution in [0.3, 0.4) is 0 Å². The molecular formula is C28H17N3OS2. The number of aromatic nitrogens is 3. The number of rotatable bonds is 3. The van der Waals surface area contributed by atoms with Gasteiger partial charge in [0.2, 0.25) is 0 Å². The van der Waals surface area contributed by atoms with Gasteiger partial charge in [-0.3, -0.25) is 4.40 Å². The summed E-state index contributed by atoms with van der Waals surface area (Å²) in [5.74, 6) is 0. The first-order chi connectivity index (χ1) is 16.8. The number of pyridine rings is 1. The van der Waals surface area contributed by atoms with Crippen molar-refractivity contribution in [2.45, 2.75) is 9.79 Å². The third-order valence-corrected chi connectivity index (χ3v) is 8.45. The largest absolute Gasteiger partial charge is 0.606 e. The van der Waals surface area contributed by atoms with Crippen molar-refractivity contribution in [3.05, 3.63) is 103 Å². The molecule has 0 bridgehead atoms. The Balaban J connectivity index is 1.54. The maximum Gasteiger partial charge on any atom is 0.195 e. The molecule has 4 nitrogen and oxygen atoms in total. The van der Waals surface area contributed by atoms with E-state index in [4.69, 9.17) is 9.97 Å². The first kappa shape index (κ1) is 19.7. The molecule has 0 N–H and O–H groups in total. The maximum atomic E-state index is 13.3. The summed E-state index contributed by atoms with van der Waals surface area (Å²) in [7, 11) is 0. The van der Waals surface area contributed by atoms with Crippen LogP contribution < -0.4 is 0 Å². The minimum atomic E-state index is -1.27. The van der Waals surface area contributed by atoms with Gasteiger partial charge in [0, 0.05) is 28.2 Å². The van der Waals surface area contributed by atoms with Crippen molar-refractivity contribution in [3.63, 3.8) is 0 Å². The minimum Gasteiger partial charge on any atom is -0.606 e. The molecule has 0 spiro atoms. The Hall–Kier alpha value is -3.71. The molecule has 0 saturated carbocycles. The molecule has 7 rings (SSSR count). The van der Waals surface area contributed by atoms with E-state index in [0.29, 0.717) is 0 Å². The summed E-state index contributed by atoms with van der Waals surface area (Å²) in [6.07, 6.45) is 0. The Morgan fingerprint density at radius 1 is 0.735 bits per heavy atom. The average molecular weight is 476 g/mol. The summed E-state index contributed by atoms with van der Waals surface area (Å²) in [5.41, 5.74) is 5.70. The number of para-hydroxylation sites is 2. The molecule has 0 aliphatic carbocycles. The van der Waals surface area contributed by atoms with E-state index < -0.39 is 11.2 Å². The summed E-state index contributed by atoms with van der Waals surface area (Å²) < 4.78 is 16.7. The highest BCUT2D eigenvalue weighted by atomic mass is 32.2. The van der Waals surface area contributed by atoms with Crippen LogP contribution in [0.5, 0.6) is 0 Å². The van der Waals surface area contributed by atoms with Crippen molar-refractivity contribution < 1.29 is 4.55 Å². The van der Waals surface area contributed by atoms with E-state index in [1.807, 2.05) is 72.8 Å². The predicted molar refractivity (Wildman–Crippen MR) is 140 cm³/mol. The van der Waals surface area contributed by atoms with Gasteiger partial charge in [-0.15, -0.1) is 0 Å². The van der Waals surface area contributed by atoms with Crippen molar-refractivity contribution in [1.82, 2.24) is 14.4 Å². The van der Waals surface area contributed by atoms with E-state index in [2.05, 4.69) is 34.7 Å². The number of fused-ring (bicyclic) bond motifs is 7. The third-order valence-electron chi connectivity index (χ3n) is 6.05. The number of hydrogen-bond acceptors (Lipinski definition) is 4. The molecule has 7 aromatic rings. The molecule has 3 aromatic heterocycles. The Morgan fingerprint density at radius 2 is 1.50 bits per heavy atom. The molecule has 0 amide bonds. The van der Waals surface area contributed by atoms with Crippen molar-refractivity contribution in [3.8, 4) is 11.3 Å². The van der Waals surface area contributed by atoms with Gasteiger partial charge in [-0.25, -0.2) is 9.97 Å². The van der Waals surface area contributed by atoms with Gasteiger partial charge in [0.05, 0.1) is 21.4 Å². The van der Waals surface area contributed by atoms with Gasteiger partial charge in [0.1, 0.15) is 11.0 Å². The first-order valence-corrected chi connectivity index (χ1v) is 12.9. The van der Waals surface area contributed by atoms with Crippen LogP contribution in [0.1, 0.15) is 0 Å². The molecule has 162 valence electrons. The molecule has 4 aromatic carbocycles. The lowest BCUT2D eigenvalue weighted by molar-refractivity contribution is 0.595. The van der Waals surface area contributed by atoms with Gasteiger partial charge in [0.25, 0.3) is 0 Å². The monoisotopic (exact) mass is 475 g/mol. The van der Waals surface area contributed by atoms with Gasteiger partial charge in [-0.2, -0.15) is 0 Å². The van der Waals surface area contributed by atoms with Crippen molar-refractivity contribution >= 4 is 59.6 Å². The smallest absolute Gasteiger partial charge is 0.195 e. The van der Waals surface area contributed by atoms with Crippen LogP contribution in [0.4, 0.5) is 0 Å². The van der Waals surface area contributed by atoms with E-state index >= 15 is 0 Å². The molecule has 1 unspecified atom stereocenters. The average Bonchev–Trinajstić information content (AvgIpc) is 3.45. The standard InChI is InChI=1S/C28H17N3OS2/c32-34(19-10-2-1-3-11-19)20-12-8-9-18(17-20)25-27-26(21-13-4-5-14-22(21)29-25)30-28-31(27)23-15-6-7-16-24(23)33-28/h1-17H. The fraction of sp³-hybridized carbons (Fsp3) is 0. The minimum absolute atomic E-state index is 0.753. The van der Waals surface area contributed by atoms with E-state index in [9.17, 15) is 4.55 Å². The van der Waals surface area contributed by atoms with Crippen LogP contribution in [-0.2, 0) is 11.2 Å². The Kier molecular flexibility index (Phi) is 4.45. The second-order valence-electron chi connectivity index (χ2n) is 8.08. The number of imidazole rings is 1. The highest BCUT2D eigenvalue weighted by Crippen LogP contribution is 2.38. The topological polar surface area (TPSA) is 53.2 Å². The van der Waals surface area contributed by atoms with Gasteiger partial charge in [0.15, 0.2) is 14.8 Å². The summed E-state index contributed by atoms with van der Waals surface area (Å²) in [4.78, 5) is 12.6. The summed E-state index contributed by atoms with van der Waals surface area (Å²) in [6, 6.07) is 33.9. The molecule has 1 atom stereocenters. The van der Waals surface area contributed by atoms with E-state index in [-0.39, 0.29) is 0 Å². The van der Waals surface area contributed by atoms with Crippen molar-refractivity contribution in [2.24, 2.45) is 0 Å². The zero-order valence-corrected chi connectivity index (χ0v) is 19.5. The van der Waals surface area contributed by atoms with Crippen LogP contribution in [0.2, 0.25) is 0 Å². The number of hydrogen-bond donors (Lipinski definition) is 0. The Bertz CT molecular complexity index is 1830. The highest BCUT2D eigenvalue weighted by Gasteiger charge is 2.21. The fourth-order valence-electron chi connectivity index (χ4n) is 4.51. The second-order valence-corrected chi connectivity index (χ2v) is 10.6.